The van der Waals surface area contributed by atoms with Gasteiger partial charge in [-0.15, -0.1) is 0 Å². The van der Waals surface area contributed by atoms with Gasteiger partial charge >= 0.3 is 0 Å². The fraction of sp³-hybridized carbons (Fsp3) is 0.214. The molecule has 98 valence electrons. The average Bonchev–Trinajstić information content (AvgIpc) is 2.39. The lowest BCUT2D eigenvalue weighted by Crippen LogP contribution is -2.41. The molecule has 0 aliphatic carbocycles. The Bertz CT molecular complexity index is 584. The number of hydrogen-bond donors (Lipinski definition) is 1. The maximum Gasteiger partial charge on any atom is 0.252 e. The van der Waals surface area contributed by atoms with Gasteiger partial charge in [0.2, 0.25) is 0 Å². The van der Waals surface area contributed by atoms with Crippen molar-refractivity contribution in [3.05, 3.63) is 58.6 Å². The molecule has 0 unspecified atom stereocenters. The van der Waals surface area contributed by atoms with Gasteiger partial charge in [0.05, 0.1) is 11.2 Å². The minimum atomic E-state index is -0.534. The smallest absolute Gasteiger partial charge is 0.252 e. The number of hydrogen-bond acceptors (Lipinski definition) is 3. The van der Waals surface area contributed by atoms with Gasteiger partial charge in [-0.25, -0.2) is 4.98 Å². The van der Waals surface area contributed by atoms with Crippen LogP contribution in [-0.2, 0) is 5.54 Å². The highest BCUT2D eigenvalue weighted by Gasteiger charge is 2.24. The third kappa shape index (κ3) is 3.38. The number of pyridine rings is 2. The molecule has 0 atom stereocenters. The molecular formula is C14H14BrN3O. The van der Waals surface area contributed by atoms with Crippen LogP contribution in [0.5, 0.6) is 0 Å². The van der Waals surface area contributed by atoms with E-state index in [1.54, 1.807) is 24.5 Å². The van der Waals surface area contributed by atoms with E-state index in [-0.39, 0.29) is 5.91 Å². The Morgan fingerprint density at radius 3 is 2.63 bits per heavy atom. The molecule has 2 rings (SSSR count). The molecule has 0 spiro atoms. The molecule has 2 heterocycles. The minimum absolute atomic E-state index is 0.154. The van der Waals surface area contributed by atoms with Gasteiger partial charge in [-0.2, -0.15) is 0 Å². The zero-order chi connectivity index (χ0) is 13.9. The zero-order valence-corrected chi connectivity index (χ0v) is 12.3. The first kappa shape index (κ1) is 13.7. The summed E-state index contributed by atoms with van der Waals surface area (Å²) >= 11 is 3.25. The maximum atomic E-state index is 12.2. The van der Waals surface area contributed by atoms with Gasteiger partial charge in [-0.05, 0) is 54.0 Å². The Balaban J connectivity index is 2.19. The topological polar surface area (TPSA) is 54.9 Å². The summed E-state index contributed by atoms with van der Waals surface area (Å²) in [5.41, 5.74) is 0.844. The van der Waals surface area contributed by atoms with Crippen LogP contribution in [0.25, 0.3) is 0 Å². The average molecular weight is 320 g/mol. The highest BCUT2D eigenvalue weighted by Crippen LogP contribution is 2.18. The maximum absolute atomic E-state index is 12.2. The summed E-state index contributed by atoms with van der Waals surface area (Å²) in [6.07, 6.45) is 3.30. The molecule has 2 aromatic rings. The molecule has 0 aliphatic rings. The normalized spacial score (nSPS) is 11.1. The van der Waals surface area contributed by atoms with Gasteiger partial charge in [-0.3, -0.25) is 9.78 Å². The largest absolute Gasteiger partial charge is 0.342 e. The van der Waals surface area contributed by atoms with Crippen molar-refractivity contribution in [1.82, 2.24) is 15.3 Å². The van der Waals surface area contributed by atoms with Crippen LogP contribution in [0, 0.1) is 0 Å². The quantitative estimate of drug-likeness (QED) is 0.885. The first-order valence-corrected chi connectivity index (χ1v) is 6.64. The number of rotatable bonds is 3. The van der Waals surface area contributed by atoms with Gasteiger partial charge < -0.3 is 5.32 Å². The summed E-state index contributed by atoms with van der Waals surface area (Å²) in [6.45, 7) is 3.84. The number of aromatic nitrogens is 2. The zero-order valence-electron chi connectivity index (χ0n) is 10.7. The van der Waals surface area contributed by atoms with Crippen molar-refractivity contribution < 1.29 is 4.79 Å². The molecule has 0 radical (unpaired) electrons. The number of halogens is 1. The third-order valence-corrected chi connectivity index (χ3v) is 3.15. The summed E-state index contributed by atoms with van der Waals surface area (Å²) in [5.74, 6) is -0.154. The number of nitrogens with one attached hydrogen (secondary N) is 1. The van der Waals surface area contributed by atoms with E-state index in [1.807, 2.05) is 32.0 Å². The van der Waals surface area contributed by atoms with Crippen molar-refractivity contribution in [2.24, 2.45) is 0 Å². The standard InChI is InChI=1S/C14H14BrN3O/c1-14(2,11-5-3-4-7-16-11)18-13(19)10-6-8-17-12(15)9-10/h3-9H,1-2H3,(H,18,19). The number of carbonyl (C=O) groups excluding carboxylic acids is 1. The van der Waals surface area contributed by atoms with Crippen molar-refractivity contribution in [3.8, 4) is 0 Å². The van der Waals surface area contributed by atoms with Crippen molar-refractivity contribution in [2.45, 2.75) is 19.4 Å². The van der Waals surface area contributed by atoms with Gasteiger partial charge in [0, 0.05) is 18.0 Å². The van der Waals surface area contributed by atoms with Crippen molar-refractivity contribution >= 4 is 21.8 Å². The van der Waals surface area contributed by atoms with Crippen LogP contribution in [-0.4, -0.2) is 15.9 Å². The van der Waals surface area contributed by atoms with Gasteiger partial charge in [0.15, 0.2) is 0 Å². The number of amides is 1. The van der Waals surface area contributed by atoms with E-state index < -0.39 is 5.54 Å². The second-order valence-corrected chi connectivity index (χ2v) is 5.47. The van der Waals surface area contributed by atoms with Crippen molar-refractivity contribution in [3.63, 3.8) is 0 Å². The second-order valence-electron chi connectivity index (χ2n) is 4.66. The fourth-order valence-corrected chi connectivity index (χ4v) is 2.06. The van der Waals surface area contributed by atoms with E-state index >= 15 is 0 Å². The fourth-order valence-electron chi connectivity index (χ4n) is 1.70. The lowest BCUT2D eigenvalue weighted by atomic mass is 9.99. The predicted molar refractivity (Wildman–Crippen MR) is 76.7 cm³/mol. The minimum Gasteiger partial charge on any atom is -0.342 e. The van der Waals surface area contributed by atoms with Crippen LogP contribution < -0.4 is 5.32 Å². The highest BCUT2D eigenvalue weighted by molar-refractivity contribution is 9.10. The van der Waals surface area contributed by atoms with E-state index in [0.29, 0.717) is 10.2 Å². The third-order valence-electron chi connectivity index (χ3n) is 2.72. The van der Waals surface area contributed by atoms with E-state index in [2.05, 4.69) is 31.2 Å². The summed E-state index contributed by atoms with van der Waals surface area (Å²) in [7, 11) is 0. The van der Waals surface area contributed by atoms with E-state index in [9.17, 15) is 4.79 Å². The summed E-state index contributed by atoms with van der Waals surface area (Å²) < 4.78 is 0.635. The number of nitrogens with zero attached hydrogens (tertiary/aromatic N) is 2. The Kier molecular flexibility index (Phi) is 3.95. The first-order chi connectivity index (χ1) is 8.99. The Hall–Kier alpha value is -1.75. The van der Waals surface area contributed by atoms with Crippen LogP contribution in [0.1, 0.15) is 29.9 Å². The lowest BCUT2D eigenvalue weighted by molar-refractivity contribution is 0.0910. The monoisotopic (exact) mass is 319 g/mol. The molecule has 0 aliphatic heterocycles. The molecule has 0 saturated carbocycles. The summed E-state index contributed by atoms with van der Waals surface area (Å²) in [5, 5.41) is 2.97. The second kappa shape index (κ2) is 5.48. The van der Waals surface area contributed by atoms with Crippen LogP contribution in [0.15, 0.2) is 47.3 Å². The van der Waals surface area contributed by atoms with E-state index in [0.717, 1.165) is 5.69 Å². The lowest BCUT2D eigenvalue weighted by Gasteiger charge is -2.25. The first-order valence-electron chi connectivity index (χ1n) is 5.84. The van der Waals surface area contributed by atoms with Gasteiger partial charge in [-0.1, -0.05) is 6.07 Å². The molecule has 0 aromatic carbocycles. The van der Waals surface area contributed by atoms with Crippen LogP contribution >= 0.6 is 15.9 Å². The van der Waals surface area contributed by atoms with Crippen LogP contribution in [0.2, 0.25) is 0 Å². The highest BCUT2D eigenvalue weighted by atomic mass is 79.9. The van der Waals surface area contributed by atoms with E-state index in [4.69, 9.17) is 0 Å². The van der Waals surface area contributed by atoms with Crippen LogP contribution in [0.3, 0.4) is 0 Å². The molecule has 0 saturated heterocycles. The molecule has 0 fully saturated rings. The van der Waals surface area contributed by atoms with Gasteiger partial charge in [0.25, 0.3) is 5.91 Å². The van der Waals surface area contributed by atoms with Crippen molar-refractivity contribution in [2.75, 3.05) is 0 Å². The number of carbonyl (C=O) groups is 1. The van der Waals surface area contributed by atoms with Crippen molar-refractivity contribution in [1.29, 1.82) is 0 Å². The Morgan fingerprint density at radius 1 is 1.21 bits per heavy atom. The predicted octanol–water partition coefficient (Wildman–Crippen LogP) is 2.90. The Morgan fingerprint density at radius 2 is 2.00 bits per heavy atom. The molecule has 1 N–H and O–H groups in total. The summed E-state index contributed by atoms with van der Waals surface area (Å²) in [4.78, 5) is 20.5. The SMILES string of the molecule is CC(C)(NC(=O)c1ccnc(Br)c1)c1ccccn1. The molecular weight excluding hydrogens is 306 g/mol. The Labute approximate surface area is 120 Å². The summed E-state index contributed by atoms with van der Waals surface area (Å²) in [6, 6.07) is 9.00. The molecule has 1 amide bonds. The van der Waals surface area contributed by atoms with Crippen LogP contribution in [0.4, 0.5) is 0 Å². The van der Waals surface area contributed by atoms with Gasteiger partial charge in [0.1, 0.15) is 4.60 Å². The molecule has 2 aromatic heterocycles. The molecule has 19 heavy (non-hydrogen) atoms. The molecule has 5 heteroatoms. The van der Waals surface area contributed by atoms with E-state index in [1.165, 1.54) is 0 Å². The molecule has 0 bridgehead atoms. The molecule has 4 nitrogen and oxygen atoms in total.